The topological polar surface area (TPSA) is 74.7 Å². The van der Waals surface area contributed by atoms with Gasteiger partial charge in [-0.25, -0.2) is 17.6 Å². The second-order valence-electron chi connectivity index (χ2n) is 3.85. The normalized spacial score (nSPS) is 11.3. The minimum absolute atomic E-state index is 0.0358. The van der Waals surface area contributed by atoms with E-state index in [0.29, 0.717) is 0 Å². The van der Waals surface area contributed by atoms with Crippen molar-refractivity contribution in [2.75, 3.05) is 13.1 Å². The van der Waals surface area contributed by atoms with E-state index in [4.69, 9.17) is 5.11 Å². The predicted octanol–water partition coefficient (Wildman–Crippen LogP) is 1.89. The van der Waals surface area contributed by atoms with Crippen molar-refractivity contribution >= 4 is 16.0 Å². The van der Waals surface area contributed by atoms with Crippen LogP contribution in [-0.4, -0.2) is 36.9 Å². The maximum Gasteiger partial charge on any atom is 0.338 e. The van der Waals surface area contributed by atoms with Crippen LogP contribution >= 0.6 is 0 Å². The molecule has 0 heterocycles. The lowest BCUT2D eigenvalue weighted by Crippen LogP contribution is -2.31. The van der Waals surface area contributed by atoms with E-state index in [1.165, 1.54) is 12.2 Å². The molecule has 1 N–H and O–H groups in total. The highest BCUT2D eigenvalue weighted by Crippen LogP contribution is 2.19. The van der Waals surface area contributed by atoms with Gasteiger partial charge in [-0.3, -0.25) is 0 Å². The molecule has 0 fully saturated rings. The van der Waals surface area contributed by atoms with Gasteiger partial charge in [-0.15, -0.1) is 13.2 Å². The Balaban J connectivity index is 3.33. The number of hydrogen-bond donors (Lipinski definition) is 1. The zero-order chi connectivity index (χ0) is 15.3. The molecule has 0 aliphatic heterocycles. The third-order valence-corrected chi connectivity index (χ3v) is 4.30. The van der Waals surface area contributed by atoms with Crippen LogP contribution in [0.1, 0.15) is 10.4 Å². The van der Waals surface area contributed by atoms with Gasteiger partial charge in [0, 0.05) is 13.1 Å². The molecule has 0 atom stereocenters. The first kappa shape index (κ1) is 16.1. The molecule has 1 aromatic rings. The maximum absolute atomic E-state index is 13.3. The highest BCUT2D eigenvalue weighted by Gasteiger charge is 2.24. The molecule has 1 aromatic carbocycles. The molecular formula is C13H14FNO4S. The fourth-order valence-corrected chi connectivity index (χ4v) is 2.94. The van der Waals surface area contributed by atoms with Crippen LogP contribution in [0.3, 0.4) is 0 Å². The second kappa shape index (κ2) is 6.44. The molecule has 0 aromatic heterocycles. The average Bonchev–Trinajstić information content (AvgIpc) is 2.38. The second-order valence-corrected chi connectivity index (χ2v) is 5.78. The molecule has 0 bridgehead atoms. The first-order chi connectivity index (χ1) is 9.34. The van der Waals surface area contributed by atoms with Crippen LogP contribution in [0.25, 0.3) is 0 Å². The van der Waals surface area contributed by atoms with E-state index in [2.05, 4.69) is 13.2 Å². The average molecular weight is 299 g/mol. The third kappa shape index (κ3) is 3.31. The minimum atomic E-state index is -3.94. The summed E-state index contributed by atoms with van der Waals surface area (Å²) < 4.78 is 39.0. The molecule has 0 amide bonds. The monoisotopic (exact) mass is 299 g/mol. The van der Waals surface area contributed by atoms with Crippen molar-refractivity contribution in [2.45, 2.75) is 4.90 Å². The van der Waals surface area contributed by atoms with Crippen molar-refractivity contribution in [1.29, 1.82) is 0 Å². The maximum atomic E-state index is 13.3. The van der Waals surface area contributed by atoms with E-state index in [0.717, 1.165) is 22.5 Å². The van der Waals surface area contributed by atoms with Crippen molar-refractivity contribution in [2.24, 2.45) is 0 Å². The fourth-order valence-electron chi connectivity index (χ4n) is 1.54. The highest BCUT2D eigenvalue weighted by atomic mass is 32.2. The Hall–Kier alpha value is -1.99. The quantitative estimate of drug-likeness (QED) is 0.780. The van der Waals surface area contributed by atoms with E-state index in [-0.39, 0.29) is 18.0 Å². The largest absolute Gasteiger partial charge is 0.478 e. The smallest absolute Gasteiger partial charge is 0.338 e. The molecule has 0 aliphatic rings. The van der Waals surface area contributed by atoms with Crippen molar-refractivity contribution in [3.05, 3.63) is 54.9 Å². The van der Waals surface area contributed by atoms with Gasteiger partial charge >= 0.3 is 5.97 Å². The number of benzene rings is 1. The highest BCUT2D eigenvalue weighted by molar-refractivity contribution is 7.89. The first-order valence-electron chi connectivity index (χ1n) is 5.59. The van der Waals surface area contributed by atoms with Gasteiger partial charge in [0.2, 0.25) is 10.0 Å². The van der Waals surface area contributed by atoms with Crippen molar-refractivity contribution in [3.63, 3.8) is 0 Å². The van der Waals surface area contributed by atoms with E-state index in [1.807, 2.05) is 0 Å². The van der Waals surface area contributed by atoms with E-state index < -0.39 is 27.4 Å². The number of carbonyl (C=O) groups is 1. The number of nitrogens with zero attached hydrogens (tertiary/aromatic N) is 1. The summed E-state index contributed by atoms with van der Waals surface area (Å²) in [4.78, 5) is 10.5. The molecule has 0 spiro atoms. The SMILES string of the molecule is C=CCN(CC=C)S(=O)(=O)c1ccc(F)c(C(=O)O)c1. The molecule has 0 unspecified atom stereocenters. The number of rotatable bonds is 7. The molecule has 0 saturated heterocycles. The van der Waals surface area contributed by atoms with Crippen LogP contribution in [0.5, 0.6) is 0 Å². The Labute approximate surface area is 116 Å². The van der Waals surface area contributed by atoms with Crippen LogP contribution in [-0.2, 0) is 10.0 Å². The summed E-state index contributed by atoms with van der Waals surface area (Å²) in [6.07, 6.45) is 2.78. The summed E-state index contributed by atoms with van der Waals surface area (Å²) in [6.45, 7) is 6.98. The van der Waals surface area contributed by atoms with Gasteiger partial charge in [-0.2, -0.15) is 4.31 Å². The molecule has 0 aliphatic carbocycles. The standard InChI is InChI=1S/C13H14FNO4S/c1-3-7-15(8-4-2)20(18,19)10-5-6-12(14)11(9-10)13(16)17/h3-6,9H,1-2,7-8H2,(H,16,17). The van der Waals surface area contributed by atoms with Gasteiger partial charge in [0.1, 0.15) is 5.82 Å². The molecule has 20 heavy (non-hydrogen) atoms. The number of hydrogen-bond acceptors (Lipinski definition) is 3. The molecule has 0 saturated carbocycles. The van der Waals surface area contributed by atoms with Gasteiger partial charge in [0.15, 0.2) is 0 Å². The lowest BCUT2D eigenvalue weighted by atomic mass is 10.2. The molecule has 108 valence electrons. The van der Waals surface area contributed by atoms with Gasteiger partial charge < -0.3 is 5.11 Å². The Morgan fingerprint density at radius 2 is 1.85 bits per heavy atom. The van der Waals surface area contributed by atoms with Crippen molar-refractivity contribution in [1.82, 2.24) is 4.31 Å². The van der Waals surface area contributed by atoms with Gasteiger partial charge in [-0.05, 0) is 18.2 Å². The van der Waals surface area contributed by atoms with Gasteiger partial charge in [0.25, 0.3) is 0 Å². The first-order valence-corrected chi connectivity index (χ1v) is 7.03. The zero-order valence-corrected chi connectivity index (χ0v) is 11.4. The van der Waals surface area contributed by atoms with Crippen molar-refractivity contribution < 1.29 is 22.7 Å². The predicted molar refractivity (Wildman–Crippen MR) is 72.5 cm³/mol. The lowest BCUT2D eigenvalue weighted by Gasteiger charge is -2.19. The number of carboxylic acids is 1. The Morgan fingerprint density at radius 1 is 1.30 bits per heavy atom. The summed E-state index contributed by atoms with van der Waals surface area (Å²) in [5.74, 6) is -2.52. The third-order valence-electron chi connectivity index (χ3n) is 2.47. The van der Waals surface area contributed by atoms with Crippen LogP contribution in [0.4, 0.5) is 4.39 Å². The van der Waals surface area contributed by atoms with Gasteiger partial charge in [0.05, 0.1) is 10.5 Å². The molecule has 1 rings (SSSR count). The molecule has 5 nitrogen and oxygen atoms in total. The lowest BCUT2D eigenvalue weighted by molar-refractivity contribution is 0.0691. The summed E-state index contributed by atoms with van der Waals surface area (Å²) in [5.41, 5.74) is -0.691. The number of halogens is 1. The summed E-state index contributed by atoms with van der Waals surface area (Å²) in [7, 11) is -3.94. The van der Waals surface area contributed by atoms with Gasteiger partial charge in [-0.1, -0.05) is 12.2 Å². The summed E-state index contributed by atoms with van der Waals surface area (Å²) in [5, 5.41) is 8.82. The van der Waals surface area contributed by atoms with E-state index >= 15 is 0 Å². The van der Waals surface area contributed by atoms with E-state index in [1.54, 1.807) is 0 Å². The minimum Gasteiger partial charge on any atom is -0.478 e. The van der Waals surface area contributed by atoms with Crippen LogP contribution < -0.4 is 0 Å². The Kier molecular flexibility index (Phi) is 5.18. The Bertz CT molecular complexity index is 630. The summed E-state index contributed by atoms with van der Waals surface area (Å²) >= 11 is 0. The molecule has 0 radical (unpaired) electrons. The van der Waals surface area contributed by atoms with Crippen LogP contribution in [0, 0.1) is 5.82 Å². The van der Waals surface area contributed by atoms with Crippen molar-refractivity contribution in [3.8, 4) is 0 Å². The van der Waals surface area contributed by atoms with E-state index in [9.17, 15) is 17.6 Å². The molecular weight excluding hydrogens is 285 g/mol. The molecule has 7 heteroatoms. The zero-order valence-electron chi connectivity index (χ0n) is 10.6. The van der Waals surface area contributed by atoms with Crippen LogP contribution in [0.2, 0.25) is 0 Å². The number of sulfonamides is 1. The summed E-state index contributed by atoms with van der Waals surface area (Å²) in [6, 6.07) is 2.64. The number of carboxylic acid groups (broad SMARTS) is 1. The Morgan fingerprint density at radius 3 is 2.30 bits per heavy atom. The number of aromatic carboxylic acids is 1. The van der Waals surface area contributed by atoms with Crippen LogP contribution in [0.15, 0.2) is 48.4 Å². The fraction of sp³-hybridized carbons (Fsp3) is 0.154.